The van der Waals surface area contributed by atoms with Crippen molar-refractivity contribution in [3.8, 4) is 21.9 Å². The van der Waals surface area contributed by atoms with E-state index in [0.29, 0.717) is 26.3 Å². The second-order valence-electron chi connectivity index (χ2n) is 8.97. The summed E-state index contributed by atoms with van der Waals surface area (Å²) in [5.41, 5.74) is 3.01. The molecule has 0 saturated carbocycles. The van der Waals surface area contributed by atoms with Crippen LogP contribution in [0.25, 0.3) is 10.4 Å². The van der Waals surface area contributed by atoms with Crippen LogP contribution in [0, 0.1) is 13.8 Å². The van der Waals surface area contributed by atoms with Gasteiger partial charge in [-0.2, -0.15) is 5.10 Å². The number of thiophene rings is 1. The molecule has 2 aromatic heterocycles. The van der Waals surface area contributed by atoms with Gasteiger partial charge in [0, 0.05) is 40.4 Å². The maximum Gasteiger partial charge on any atom is 0.244 e. The lowest BCUT2D eigenvalue weighted by molar-refractivity contribution is -0.132. The highest BCUT2D eigenvalue weighted by Crippen LogP contribution is 2.40. The van der Waals surface area contributed by atoms with Crippen molar-refractivity contribution in [2.24, 2.45) is 0 Å². The average molecular weight is 482 g/mol. The number of fused-ring (bicyclic) bond motifs is 1. The van der Waals surface area contributed by atoms with Crippen molar-refractivity contribution in [2.75, 3.05) is 26.4 Å². The molecule has 1 aromatic carbocycles. The fourth-order valence-electron chi connectivity index (χ4n) is 4.45. The van der Waals surface area contributed by atoms with E-state index in [1.807, 2.05) is 17.9 Å². The molecular weight excluding hydrogens is 450 g/mol. The molecule has 2 aliphatic heterocycles. The number of ether oxygens (including phenoxy) is 3. The van der Waals surface area contributed by atoms with Crippen LogP contribution in [-0.4, -0.2) is 53.1 Å². The smallest absolute Gasteiger partial charge is 0.244 e. The number of amides is 1. The Morgan fingerprint density at radius 2 is 2.12 bits per heavy atom. The minimum atomic E-state index is 0.0266. The molecule has 0 unspecified atom stereocenters. The molecule has 4 heterocycles. The minimum Gasteiger partial charge on any atom is -0.487 e. The van der Waals surface area contributed by atoms with E-state index >= 15 is 0 Å². The van der Waals surface area contributed by atoms with E-state index in [-0.39, 0.29) is 18.6 Å². The SMILES string of the molecule is Cc1ccc(-c2cc3c(c(OC[C@@H]4CCCCO4)c2)OCCN(C(=O)Cn2nccc2C)C3)s1. The van der Waals surface area contributed by atoms with Crippen molar-refractivity contribution in [3.05, 3.63) is 52.7 Å². The van der Waals surface area contributed by atoms with Gasteiger partial charge in [-0.05, 0) is 69.0 Å². The monoisotopic (exact) mass is 481 g/mol. The van der Waals surface area contributed by atoms with Crippen LogP contribution in [0.2, 0.25) is 0 Å². The summed E-state index contributed by atoms with van der Waals surface area (Å²) in [4.78, 5) is 17.4. The highest BCUT2D eigenvalue weighted by molar-refractivity contribution is 7.15. The maximum atomic E-state index is 13.1. The molecule has 180 valence electrons. The summed E-state index contributed by atoms with van der Waals surface area (Å²) in [6.45, 7) is 7.00. The van der Waals surface area contributed by atoms with Gasteiger partial charge in [0.15, 0.2) is 11.5 Å². The Hall–Kier alpha value is -2.84. The largest absolute Gasteiger partial charge is 0.487 e. The van der Waals surface area contributed by atoms with Crippen molar-refractivity contribution in [2.45, 2.75) is 52.3 Å². The zero-order valence-electron chi connectivity index (χ0n) is 19.8. The van der Waals surface area contributed by atoms with E-state index in [9.17, 15) is 4.79 Å². The van der Waals surface area contributed by atoms with Crippen LogP contribution in [0.1, 0.15) is 35.4 Å². The van der Waals surface area contributed by atoms with Crippen LogP contribution < -0.4 is 9.47 Å². The summed E-state index contributed by atoms with van der Waals surface area (Å²) < 4.78 is 20.1. The van der Waals surface area contributed by atoms with Gasteiger partial charge in [-0.1, -0.05) is 0 Å². The number of aryl methyl sites for hydroxylation is 2. The van der Waals surface area contributed by atoms with Gasteiger partial charge in [0.05, 0.1) is 12.6 Å². The lowest BCUT2D eigenvalue weighted by Crippen LogP contribution is -2.35. The lowest BCUT2D eigenvalue weighted by Gasteiger charge is -2.24. The highest BCUT2D eigenvalue weighted by Gasteiger charge is 2.25. The third-order valence-corrected chi connectivity index (χ3v) is 7.44. The molecule has 8 heteroatoms. The van der Waals surface area contributed by atoms with Crippen molar-refractivity contribution >= 4 is 17.2 Å². The molecule has 7 nitrogen and oxygen atoms in total. The van der Waals surface area contributed by atoms with Gasteiger partial charge in [-0.15, -0.1) is 11.3 Å². The fourth-order valence-corrected chi connectivity index (χ4v) is 5.30. The lowest BCUT2D eigenvalue weighted by atomic mass is 10.1. The van der Waals surface area contributed by atoms with Crippen LogP contribution in [0.5, 0.6) is 11.5 Å². The number of rotatable bonds is 6. The Morgan fingerprint density at radius 3 is 2.85 bits per heavy atom. The third kappa shape index (κ3) is 5.13. The van der Waals surface area contributed by atoms with E-state index in [0.717, 1.165) is 47.8 Å². The first-order valence-corrected chi connectivity index (χ1v) is 12.8. The summed E-state index contributed by atoms with van der Waals surface area (Å²) >= 11 is 1.75. The molecule has 0 radical (unpaired) electrons. The van der Waals surface area contributed by atoms with Crippen LogP contribution >= 0.6 is 11.3 Å². The predicted octanol–water partition coefficient (Wildman–Crippen LogP) is 4.60. The summed E-state index contributed by atoms with van der Waals surface area (Å²) in [7, 11) is 0. The van der Waals surface area contributed by atoms with Gasteiger partial charge < -0.3 is 19.1 Å². The average Bonchev–Trinajstić information content (AvgIpc) is 3.39. The van der Waals surface area contributed by atoms with Crippen molar-refractivity contribution in [3.63, 3.8) is 0 Å². The Bertz CT molecular complexity index is 1150. The first kappa shape index (κ1) is 22.9. The Labute approximate surface area is 204 Å². The van der Waals surface area contributed by atoms with E-state index in [1.54, 1.807) is 22.2 Å². The van der Waals surface area contributed by atoms with Gasteiger partial charge in [0.25, 0.3) is 0 Å². The Kier molecular flexibility index (Phi) is 6.87. The summed E-state index contributed by atoms with van der Waals surface area (Å²) in [5, 5.41) is 4.26. The van der Waals surface area contributed by atoms with Crippen molar-refractivity contribution in [1.29, 1.82) is 0 Å². The van der Waals surface area contributed by atoms with Gasteiger partial charge in [-0.25, -0.2) is 0 Å². The van der Waals surface area contributed by atoms with Crippen LogP contribution in [0.15, 0.2) is 36.5 Å². The number of hydrogen-bond acceptors (Lipinski definition) is 6. The van der Waals surface area contributed by atoms with Gasteiger partial charge in [-0.3, -0.25) is 9.48 Å². The molecule has 1 amide bonds. The molecule has 0 N–H and O–H groups in total. The van der Waals surface area contributed by atoms with Crippen molar-refractivity contribution in [1.82, 2.24) is 14.7 Å². The number of carbonyl (C=O) groups excluding carboxylic acids is 1. The molecule has 3 aromatic rings. The molecule has 5 rings (SSSR count). The fraction of sp³-hybridized carbons (Fsp3) is 0.462. The van der Waals surface area contributed by atoms with E-state index in [2.05, 4.69) is 36.3 Å². The maximum absolute atomic E-state index is 13.1. The van der Waals surface area contributed by atoms with Gasteiger partial charge in [0.1, 0.15) is 19.8 Å². The molecule has 1 atom stereocenters. The first-order valence-electron chi connectivity index (χ1n) is 11.9. The summed E-state index contributed by atoms with van der Waals surface area (Å²) in [6.07, 6.45) is 5.13. The van der Waals surface area contributed by atoms with Gasteiger partial charge in [0.2, 0.25) is 5.91 Å². The molecular formula is C26H31N3O4S. The first-order chi connectivity index (χ1) is 16.6. The summed E-state index contributed by atoms with van der Waals surface area (Å²) in [6, 6.07) is 10.4. The normalized spacial score (nSPS) is 18.2. The molecule has 0 bridgehead atoms. The number of carbonyl (C=O) groups is 1. The third-order valence-electron chi connectivity index (χ3n) is 6.39. The highest BCUT2D eigenvalue weighted by atomic mass is 32.1. The zero-order valence-corrected chi connectivity index (χ0v) is 20.6. The van der Waals surface area contributed by atoms with Crippen LogP contribution in [-0.2, 0) is 22.6 Å². The second-order valence-corrected chi connectivity index (χ2v) is 10.3. The predicted molar refractivity (Wildman–Crippen MR) is 131 cm³/mol. The van der Waals surface area contributed by atoms with E-state index in [1.165, 1.54) is 16.2 Å². The standard InChI is InChI=1S/C26H31N3O4S/c1-18-8-9-27-29(18)16-25(30)28-10-12-32-26-21(15-28)13-20(24-7-6-19(2)34-24)14-23(26)33-17-22-5-3-4-11-31-22/h6-9,13-14,22H,3-5,10-12,15-17H2,1-2H3/t22-/m0/s1. The molecule has 2 aliphatic rings. The number of benzene rings is 1. The number of hydrogen-bond donors (Lipinski definition) is 0. The van der Waals surface area contributed by atoms with Crippen LogP contribution in [0.3, 0.4) is 0 Å². The van der Waals surface area contributed by atoms with Crippen LogP contribution in [0.4, 0.5) is 0 Å². The molecule has 0 aliphatic carbocycles. The molecule has 1 fully saturated rings. The van der Waals surface area contributed by atoms with E-state index in [4.69, 9.17) is 14.2 Å². The number of aromatic nitrogens is 2. The molecule has 1 saturated heterocycles. The Morgan fingerprint density at radius 1 is 1.21 bits per heavy atom. The van der Waals surface area contributed by atoms with E-state index < -0.39 is 0 Å². The van der Waals surface area contributed by atoms with Gasteiger partial charge >= 0.3 is 0 Å². The summed E-state index contributed by atoms with van der Waals surface area (Å²) in [5.74, 6) is 1.49. The molecule has 34 heavy (non-hydrogen) atoms. The minimum absolute atomic E-state index is 0.0266. The second kappa shape index (κ2) is 10.2. The zero-order chi connectivity index (χ0) is 23.5. The number of nitrogens with zero attached hydrogens (tertiary/aromatic N) is 3. The topological polar surface area (TPSA) is 65.8 Å². The van der Waals surface area contributed by atoms with Crippen molar-refractivity contribution < 1.29 is 19.0 Å². The molecule has 0 spiro atoms. The Balaban J connectivity index is 1.42. The quantitative estimate of drug-likeness (QED) is 0.515.